The summed E-state index contributed by atoms with van der Waals surface area (Å²) >= 11 is 0. The lowest BCUT2D eigenvalue weighted by Crippen LogP contribution is -2.42. The van der Waals surface area contributed by atoms with Gasteiger partial charge in [0.25, 0.3) is 0 Å². The van der Waals surface area contributed by atoms with Crippen molar-refractivity contribution in [3.05, 3.63) is 0 Å². The Bertz CT molecular complexity index is 697. The molecule has 0 heterocycles. The summed E-state index contributed by atoms with van der Waals surface area (Å²) in [6.07, 6.45) is 9.66. The molecule has 0 aromatic carbocycles. The maximum absolute atomic E-state index is 12.3. The van der Waals surface area contributed by atoms with E-state index in [1.165, 1.54) is 0 Å². The number of rotatable bonds is 24. The van der Waals surface area contributed by atoms with E-state index in [2.05, 4.69) is 6.92 Å². The largest absolute Gasteiger partial charge is 0.465 e. The summed E-state index contributed by atoms with van der Waals surface area (Å²) in [6, 6.07) is 0. The Morgan fingerprint density at radius 2 is 0.846 bits per heavy atom. The molecule has 0 aliphatic heterocycles. The second-order valence-corrected chi connectivity index (χ2v) is 10.1. The molecule has 0 spiro atoms. The van der Waals surface area contributed by atoms with E-state index >= 15 is 0 Å². The molecule has 0 aliphatic rings. The van der Waals surface area contributed by atoms with Crippen molar-refractivity contribution >= 4 is 29.8 Å². The van der Waals surface area contributed by atoms with Crippen LogP contribution in [0.5, 0.6) is 0 Å². The number of hydrogen-bond acceptors (Lipinski definition) is 10. The van der Waals surface area contributed by atoms with E-state index in [1.807, 2.05) is 13.8 Å². The Balaban J connectivity index is 4.29. The Morgan fingerprint density at radius 1 is 0.487 bits per heavy atom. The van der Waals surface area contributed by atoms with E-state index in [4.69, 9.17) is 18.9 Å². The van der Waals surface area contributed by atoms with Gasteiger partial charge in [-0.1, -0.05) is 59.3 Å². The van der Waals surface area contributed by atoms with Gasteiger partial charge in [-0.2, -0.15) is 0 Å². The van der Waals surface area contributed by atoms with Crippen LogP contribution in [0.4, 0.5) is 0 Å². The minimum atomic E-state index is -1.23. The third kappa shape index (κ3) is 20.1. The van der Waals surface area contributed by atoms with Gasteiger partial charge in [-0.15, -0.1) is 0 Å². The molecule has 0 amide bonds. The zero-order valence-corrected chi connectivity index (χ0v) is 24.3. The molecule has 0 aromatic heterocycles. The maximum atomic E-state index is 12.3. The minimum absolute atomic E-state index is 0.168. The molecule has 1 N–H and O–H groups in total. The summed E-state index contributed by atoms with van der Waals surface area (Å²) in [6.45, 7) is 4.55. The number of carbonyl (C=O) groups is 5. The molecule has 0 unspecified atom stereocenters. The molecule has 0 atom stereocenters. The second kappa shape index (κ2) is 23.4. The molecule has 39 heavy (non-hydrogen) atoms. The lowest BCUT2D eigenvalue weighted by atomic mass is 9.92. The predicted molar refractivity (Wildman–Crippen MR) is 144 cm³/mol. The SMILES string of the molecule is CCCCCCC(=O)OC(=O)CCCCCCCC(=O)OCC(CO)(COC(=O)CCC)COC(=O)CCC. The van der Waals surface area contributed by atoms with Crippen LogP contribution in [0, 0.1) is 5.41 Å². The van der Waals surface area contributed by atoms with Crippen LogP contribution in [0.3, 0.4) is 0 Å². The summed E-state index contributed by atoms with van der Waals surface area (Å²) in [5.41, 5.74) is -1.23. The molecule has 0 fully saturated rings. The molecular weight excluding hydrogens is 508 g/mol. The molecular formula is C29H50O10. The summed E-state index contributed by atoms with van der Waals surface area (Å²) in [7, 11) is 0. The van der Waals surface area contributed by atoms with Gasteiger partial charge >= 0.3 is 29.8 Å². The monoisotopic (exact) mass is 558 g/mol. The minimum Gasteiger partial charge on any atom is -0.465 e. The van der Waals surface area contributed by atoms with Crippen LogP contribution in [0.25, 0.3) is 0 Å². The molecule has 10 nitrogen and oxygen atoms in total. The van der Waals surface area contributed by atoms with Crippen LogP contribution >= 0.6 is 0 Å². The van der Waals surface area contributed by atoms with Crippen molar-refractivity contribution in [1.82, 2.24) is 0 Å². The summed E-state index contributed by atoms with van der Waals surface area (Å²) in [4.78, 5) is 59.3. The van der Waals surface area contributed by atoms with E-state index in [0.29, 0.717) is 25.7 Å². The normalized spacial score (nSPS) is 11.1. The van der Waals surface area contributed by atoms with Crippen LogP contribution < -0.4 is 0 Å². The quantitative estimate of drug-likeness (QED) is 0.0747. The van der Waals surface area contributed by atoms with Crippen molar-refractivity contribution in [3.8, 4) is 0 Å². The Hall–Kier alpha value is -2.49. The number of esters is 5. The Labute approximate surface area is 233 Å². The number of aliphatic hydroxyl groups excluding tert-OH is 1. The van der Waals surface area contributed by atoms with Crippen LogP contribution in [0.2, 0.25) is 0 Å². The summed E-state index contributed by atoms with van der Waals surface area (Å²) in [5, 5.41) is 9.99. The average molecular weight is 559 g/mol. The van der Waals surface area contributed by atoms with E-state index in [1.54, 1.807) is 0 Å². The highest BCUT2D eigenvalue weighted by atomic mass is 16.6. The van der Waals surface area contributed by atoms with Gasteiger partial charge in [0, 0.05) is 32.1 Å². The van der Waals surface area contributed by atoms with Gasteiger partial charge in [0.05, 0.1) is 12.0 Å². The molecule has 10 heteroatoms. The Morgan fingerprint density at radius 3 is 1.23 bits per heavy atom. The molecule has 0 aromatic rings. The van der Waals surface area contributed by atoms with Crippen LogP contribution in [0.15, 0.2) is 0 Å². The van der Waals surface area contributed by atoms with Crippen LogP contribution in [-0.4, -0.2) is 61.4 Å². The number of unbranched alkanes of at least 4 members (excludes halogenated alkanes) is 7. The fraction of sp³-hybridized carbons (Fsp3) is 0.828. The molecule has 0 saturated carbocycles. The average Bonchev–Trinajstić information content (AvgIpc) is 2.90. The van der Waals surface area contributed by atoms with E-state index in [-0.39, 0.29) is 51.9 Å². The first kappa shape index (κ1) is 36.5. The lowest BCUT2D eigenvalue weighted by molar-refractivity contribution is -0.166. The summed E-state index contributed by atoms with van der Waals surface area (Å²) in [5.74, 6) is -2.30. The van der Waals surface area contributed by atoms with Gasteiger partial charge in [-0.05, 0) is 32.1 Å². The lowest BCUT2D eigenvalue weighted by Gasteiger charge is -2.30. The zero-order valence-electron chi connectivity index (χ0n) is 24.3. The van der Waals surface area contributed by atoms with Crippen molar-refractivity contribution in [2.24, 2.45) is 5.41 Å². The van der Waals surface area contributed by atoms with Crippen LogP contribution in [0.1, 0.15) is 124 Å². The predicted octanol–water partition coefficient (Wildman–Crippen LogP) is 4.97. The van der Waals surface area contributed by atoms with Gasteiger partial charge < -0.3 is 24.1 Å². The molecule has 226 valence electrons. The number of hydrogen-bond donors (Lipinski definition) is 1. The van der Waals surface area contributed by atoms with Gasteiger partial charge in [-0.3, -0.25) is 24.0 Å². The van der Waals surface area contributed by atoms with Crippen molar-refractivity contribution < 1.29 is 48.0 Å². The zero-order chi connectivity index (χ0) is 29.4. The first-order valence-corrected chi connectivity index (χ1v) is 14.5. The maximum Gasteiger partial charge on any atom is 0.313 e. The fourth-order valence-electron chi connectivity index (χ4n) is 3.58. The Kier molecular flexibility index (Phi) is 21.9. The fourth-order valence-corrected chi connectivity index (χ4v) is 3.58. The standard InChI is InChI=1S/C29H50O10/c1-4-7-8-12-18-27(34)39-28(35)19-14-11-9-10-13-17-26(33)38-23-29(20-30,21-36-24(31)15-5-2)22-37-25(32)16-6-3/h30H,4-23H2,1-3H3. The molecule has 0 aliphatic carbocycles. The summed E-state index contributed by atoms with van der Waals surface area (Å²) < 4.78 is 20.6. The molecule has 0 saturated heterocycles. The van der Waals surface area contributed by atoms with Gasteiger partial charge in [-0.25, -0.2) is 0 Å². The third-order valence-corrected chi connectivity index (χ3v) is 6.09. The number of ether oxygens (including phenoxy) is 4. The van der Waals surface area contributed by atoms with Crippen molar-refractivity contribution in [2.75, 3.05) is 26.4 Å². The van der Waals surface area contributed by atoms with E-state index in [9.17, 15) is 29.1 Å². The molecule has 0 rings (SSSR count). The highest BCUT2D eigenvalue weighted by Gasteiger charge is 2.35. The second-order valence-electron chi connectivity index (χ2n) is 10.1. The highest BCUT2D eigenvalue weighted by Crippen LogP contribution is 2.21. The topological polar surface area (TPSA) is 143 Å². The van der Waals surface area contributed by atoms with E-state index in [0.717, 1.165) is 44.9 Å². The smallest absolute Gasteiger partial charge is 0.313 e. The molecule has 0 radical (unpaired) electrons. The number of carbonyl (C=O) groups excluding carboxylic acids is 5. The first-order valence-electron chi connectivity index (χ1n) is 14.5. The first-order chi connectivity index (χ1) is 18.7. The van der Waals surface area contributed by atoms with Crippen molar-refractivity contribution in [1.29, 1.82) is 0 Å². The van der Waals surface area contributed by atoms with Crippen molar-refractivity contribution in [2.45, 2.75) is 124 Å². The number of aliphatic hydroxyl groups is 1. The van der Waals surface area contributed by atoms with Gasteiger partial charge in [0.15, 0.2) is 0 Å². The molecule has 0 bridgehead atoms. The van der Waals surface area contributed by atoms with Gasteiger partial charge in [0.2, 0.25) is 0 Å². The third-order valence-electron chi connectivity index (χ3n) is 6.09. The van der Waals surface area contributed by atoms with Crippen molar-refractivity contribution in [3.63, 3.8) is 0 Å². The van der Waals surface area contributed by atoms with E-state index < -0.39 is 41.9 Å². The van der Waals surface area contributed by atoms with Gasteiger partial charge in [0.1, 0.15) is 19.8 Å². The van der Waals surface area contributed by atoms with Crippen LogP contribution in [-0.2, 0) is 42.9 Å². The highest BCUT2D eigenvalue weighted by molar-refractivity contribution is 5.85.